The Morgan fingerprint density at radius 1 is 1.32 bits per heavy atom. The monoisotopic (exact) mass is 277 g/mol. The number of anilines is 1. The molecule has 6 nitrogen and oxygen atoms in total. The zero-order chi connectivity index (χ0) is 13.7. The molecule has 0 unspecified atom stereocenters. The Kier molecular flexibility index (Phi) is 4.19. The lowest BCUT2D eigenvalue weighted by Gasteiger charge is -2.05. The van der Waals surface area contributed by atoms with E-state index in [0.717, 1.165) is 11.5 Å². The highest BCUT2D eigenvalue weighted by molar-refractivity contribution is 7.07. The highest BCUT2D eigenvalue weighted by Crippen LogP contribution is 2.13. The number of nitrogens with zero attached hydrogens (tertiary/aromatic N) is 2. The molecule has 7 heteroatoms. The van der Waals surface area contributed by atoms with Crippen LogP contribution in [-0.4, -0.2) is 28.1 Å². The average Bonchev–Trinajstić information content (AvgIpc) is 2.94. The van der Waals surface area contributed by atoms with Crippen LogP contribution in [0.5, 0.6) is 0 Å². The molecule has 0 atom stereocenters. The van der Waals surface area contributed by atoms with Gasteiger partial charge in [0.1, 0.15) is 4.88 Å². The molecular formula is C12H11N3O3S. The second-order valence-corrected chi connectivity index (χ2v) is 4.32. The molecule has 0 aliphatic rings. The normalized spacial score (nSPS) is 9.95. The number of benzene rings is 1. The van der Waals surface area contributed by atoms with Gasteiger partial charge < -0.3 is 10.1 Å². The second kappa shape index (κ2) is 6.05. The molecule has 1 amide bonds. The van der Waals surface area contributed by atoms with Gasteiger partial charge in [-0.15, -0.1) is 5.10 Å². The smallest absolute Gasteiger partial charge is 0.338 e. The van der Waals surface area contributed by atoms with E-state index >= 15 is 0 Å². The van der Waals surface area contributed by atoms with Crippen molar-refractivity contribution in [3.05, 3.63) is 40.9 Å². The molecule has 0 fully saturated rings. The van der Waals surface area contributed by atoms with Crippen molar-refractivity contribution in [2.24, 2.45) is 0 Å². The Morgan fingerprint density at radius 3 is 2.63 bits per heavy atom. The van der Waals surface area contributed by atoms with Crippen molar-refractivity contribution >= 4 is 29.1 Å². The van der Waals surface area contributed by atoms with E-state index in [4.69, 9.17) is 4.74 Å². The van der Waals surface area contributed by atoms with Gasteiger partial charge >= 0.3 is 5.97 Å². The van der Waals surface area contributed by atoms with E-state index in [1.165, 1.54) is 6.20 Å². The number of hydrogen-bond acceptors (Lipinski definition) is 6. The Morgan fingerprint density at radius 2 is 2.05 bits per heavy atom. The van der Waals surface area contributed by atoms with E-state index < -0.39 is 0 Å². The first kappa shape index (κ1) is 13.2. The number of carbonyl (C=O) groups excluding carboxylic acids is 2. The summed E-state index contributed by atoms with van der Waals surface area (Å²) in [7, 11) is 0. The number of rotatable bonds is 4. The van der Waals surface area contributed by atoms with Gasteiger partial charge in [-0.25, -0.2) is 4.79 Å². The fourth-order valence-corrected chi connectivity index (χ4v) is 1.77. The van der Waals surface area contributed by atoms with Crippen LogP contribution in [0.4, 0.5) is 5.69 Å². The van der Waals surface area contributed by atoms with Crippen LogP contribution in [0.3, 0.4) is 0 Å². The van der Waals surface area contributed by atoms with Gasteiger partial charge in [-0.3, -0.25) is 4.79 Å². The van der Waals surface area contributed by atoms with Crippen molar-refractivity contribution < 1.29 is 14.3 Å². The molecule has 1 heterocycles. The van der Waals surface area contributed by atoms with Gasteiger partial charge in [0.25, 0.3) is 5.91 Å². The lowest BCUT2D eigenvalue weighted by Crippen LogP contribution is -2.10. The summed E-state index contributed by atoms with van der Waals surface area (Å²) in [6.45, 7) is 2.07. The molecule has 0 radical (unpaired) electrons. The summed E-state index contributed by atoms with van der Waals surface area (Å²) in [5.41, 5.74) is 1.03. The second-order valence-electron chi connectivity index (χ2n) is 3.53. The van der Waals surface area contributed by atoms with E-state index in [1.807, 2.05) is 0 Å². The van der Waals surface area contributed by atoms with Gasteiger partial charge in [-0.1, -0.05) is 4.49 Å². The van der Waals surface area contributed by atoms with Crippen molar-refractivity contribution in [1.82, 2.24) is 9.59 Å². The minimum atomic E-state index is -0.382. The highest BCUT2D eigenvalue weighted by Gasteiger charge is 2.10. The molecule has 1 aromatic heterocycles. The molecule has 1 N–H and O–H groups in total. The molecule has 0 saturated heterocycles. The quantitative estimate of drug-likeness (QED) is 0.864. The predicted molar refractivity (Wildman–Crippen MR) is 70.3 cm³/mol. The van der Waals surface area contributed by atoms with Crippen molar-refractivity contribution in [2.75, 3.05) is 11.9 Å². The summed E-state index contributed by atoms with van der Waals surface area (Å²) in [5.74, 6) is -0.661. The fourth-order valence-electron chi connectivity index (χ4n) is 1.36. The zero-order valence-corrected chi connectivity index (χ0v) is 10.9. The summed E-state index contributed by atoms with van der Waals surface area (Å²) >= 11 is 1.02. The topological polar surface area (TPSA) is 81.2 Å². The molecule has 0 spiro atoms. The van der Waals surface area contributed by atoms with Gasteiger partial charge in [0.15, 0.2) is 0 Å². The summed E-state index contributed by atoms with van der Waals surface area (Å²) in [4.78, 5) is 23.6. The Hall–Kier alpha value is -2.28. The van der Waals surface area contributed by atoms with Crippen LogP contribution in [0, 0.1) is 0 Å². The van der Waals surface area contributed by atoms with Crippen LogP contribution in [0.2, 0.25) is 0 Å². The first-order chi connectivity index (χ1) is 9.20. The molecule has 1 aromatic carbocycles. The van der Waals surface area contributed by atoms with Crippen molar-refractivity contribution in [1.29, 1.82) is 0 Å². The number of amides is 1. The average molecular weight is 277 g/mol. The number of carbonyl (C=O) groups is 2. The van der Waals surface area contributed by atoms with E-state index in [9.17, 15) is 9.59 Å². The van der Waals surface area contributed by atoms with Gasteiger partial charge in [-0.05, 0) is 42.7 Å². The van der Waals surface area contributed by atoms with E-state index in [2.05, 4.69) is 14.9 Å². The summed E-state index contributed by atoms with van der Waals surface area (Å²) in [6, 6.07) is 6.47. The van der Waals surface area contributed by atoms with E-state index in [0.29, 0.717) is 22.7 Å². The molecule has 98 valence electrons. The zero-order valence-electron chi connectivity index (χ0n) is 10.1. The third-order valence-electron chi connectivity index (χ3n) is 2.24. The van der Waals surface area contributed by atoms with Crippen LogP contribution in [0.25, 0.3) is 0 Å². The maximum absolute atomic E-state index is 11.7. The summed E-state index contributed by atoms with van der Waals surface area (Å²) in [6.07, 6.45) is 1.40. The van der Waals surface area contributed by atoms with Crippen molar-refractivity contribution in [3.63, 3.8) is 0 Å². The number of ether oxygens (including phenoxy) is 1. The molecule has 2 rings (SSSR count). The maximum Gasteiger partial charge on any atom is 0.338 e. The summed E-state index contributed by atoms with van der Waals surface area (Å²) in [5, 5.41) is 6.27. The minimum absolute atomic E-state index is 0.279. The third kappa shape index (κ3) is 3.35. The minimum Gasteiger partial charge on any atom is -0.462 e. The first-order valence-corrected chi connectivity index (χ1v) is 6.34. The maximum atomic E-state index is 11.7. The predicted octanol–water partition coefficient (Wildman–Crippen LogP) is 1.97. The molecule has 19 heavy (non-hydrogen) atoms. The molecule has 0 aliphatic heterocycles. The Bertz CT molecular complexity index is 566. The SMILES string of the molecule is CCOC(=O)c1ccc(NC(=O)c2cnns2)cc1. The van der Waals surface area contributed by atoms with E-state index in [-0.39, 0.29) is 11.9 Å². The van der Waals surface area contributed by atoms with Crippen LogP contribution in [0.1, 0.15) is 27.0 Å². The number of nitrogens with one attached hydrogen (secondary N) is 1. The number of hydrogen-bond donors (Lipinski definition) is 1. The largest absolute Gasteiger partial charge is 0.462 e. The molecule has 0 bridgehead atoms. The van der Waals surface area contributed by atoms with E-state index in [1.54, 1.807) is 31.2 Å². The first-order valence-electron chi connectivity index (χ1n) is 5.56. The van der Waals surface area contributed by atoms with Crippen LogP contribution >= 0.6 is 11.5 Å². The van der Waals surface area contributed by atoms with Crippen molar-refractivity contribution in [3.8, 4) is 0 Å². The number of esters is 1. The number of aromatic nitrogens is 2. The summed E-state index contributed by atoms with van der Waals surface area (Å²) < 4.78 is 8.48. The third-order valence-corrected chi connectivity index (χ3v) is 2.90. The highest BCUT2D eigenvalue weighted by atomic mass is 32.1. The van der Waals surface area contributed by atoms with Crippen molar-refractivity contribution in [2.45, 2.75) is 6.92 Å². The lowest BCUT2D eigenvalue weighted by atomic mass is 10.2. The molecule has 0 aliphatic carbocycles. The molecular weight excluding hydrogens is 266 g/mol. The molecule has 0 saturated carbocycles. The fraction of sp³-hybridized carbons (Fsp3) is 0.167. The molecule has 2 aromatic rings. The van der Waals surface area contributed by atoms with Gasteiger partial charge in [0.2, 0.25) is 0 Å². The standard InChI is InChI=1S/C12H11N3O3S/c1-2-18-12(17)8-3-5-9(6-4-8)14-11(16)10-7-13-15-19-10/h3-7H,2H2,1H3,(H,14,16). The van der Waals surface area contributed by atoms with Crippen LogP contribution in [-0.2, 0) is 4.74 Å². The van der Waals surface area contributed by atoms with Crippen LogP contribution < -0.4 is 5.32 Å². The Labute approximate surface area is 113 Å². The van der Waals surface area contributed by atoms with Gasteiger partial charge in [0.05, 0.1) is 18.4 Å². The lowest BCUT2D eigenvalue weighted by molar-refractivity contribution is 0.0526. The Balaban J connectivity index is 2.03. The van der Waals surface area contributed by atoms with Gasteiger partial charge in [0, 0.05) is 5.69 Å². The van der Waals surface area contributed by atoms with Crippen LogP contribution in [0.15, 0.2) is 30.5 Å². The van der Waals surface area contributed by atoms with Gasteiger partial charge in [-0.2, -0.15) is 0 Å².